The van der Waals surface area contributed by atoms with Crippen LogP contribution in [0.5, 0.6) is 0 Å². The molecule has 2 aromatic carbocycles. The molecule has 0 fully saturated rings. The van der Waals surface area contributed by atoms with Gasteiger partial charge in [0.25, 0.3) is 0 Å². The summed E-state index contributed by atoms with van der Waals surface area (Å²) in [5.74, 6) is -1.42. The predicted molar refractivity (Wildman–Crippen MR) is 102 cm³/mol. The van der Waals surface area contributed by atoms with Crippen LogP contribution < -0.4 is 4.90 Å². The van der Waals surface area contributed by atoms with Crippen LogP contribution in [0.1, 0.15) is 45.2 Å². The van der Waals surface area contributed by atoms with Gasteiger partial charge in [0, 0.05) is 16.6 Å². The molecule has 0 bridgehead atoms. The fourth-order valence-electron chi connectivity index (χ4n) is 4.23. The normalized spacial score (nSPS) is 21.0. The van der Waals surface area contributed by atoms with Crippen molar-refractivity contribution in [2.45, 2.75) is 45.1 Å². The zero-order valence-electron chi connectivity index (χ0n) is 15.8. The van der Waals surface area contributed by atoms with E-state index in [-0.39, 0.29) is 12.0 Å². The first-order valence-corrected chi connectivity index (χ1v) is 8.97. The molecule has 1 aliphatic heterocycles. The molecule has 1 aliphatic rings. The predicted octanol–water partition coefficient (Wildman–Crippen LogP) is 4.07. The molecule has 0 spiro atoms. The van der Waals surface area contributed by atoms with E-state index >= 15 is 0 Å². The Balaban J connectivity index is 2.17. The minimum absolute atomic E-state index is 0.183. The molecule has 0 saturated heterocycles. The van der Waals surface area contributed by atoms with Crippen LogP contribution >= 0.6 is 0 Å². The summed E-state index contributed by atoms with van der Waals surface area (Å²) in [5, 5.41) is 0. The Morgan fingerprint density at radius 1 is 1.00 bits per heavy atom. The minimum atomic E-state index is -0.807. The van der Waals surface area contributed by atoms with Crippen molar-refractivity contribution in [1.29, 1.82) is 0 Å². The number of amides is 1. The molecule has 2 aromatic rings. The fraction of sp³-hybridized carbons (Fsp3) is 0.364. The third-order valence-electron chi connectivity index (χ3n) is 5.19. The van der Waals surface area contributed by atoms with Crippen molar-refractivity contribution >= 4 is 17.6 Å². The van der Waals surface area contributed by atoms with Crippen molar-refractivity contribution in [2.24, 2.45) is 0 Å². The van der Waals surface area contributed by atoms with E-state index < -0.39 is 17.4 Å². The number of rotatable bonds is 2. The van der Waals surface area contributed by atoms with Gasteiger partial charge in [-0.2, -0.15) is 0 Å². The number of anilines is 1. The zero-order valence-corrected chi connectivity index (χ0v) is 15.8. The van der Waals surface area contributed by atoms with Crippen LogP contribution in [-0.4, -0.2) is 24.0 Å². The van der Waals surface area contributed by atoms with Crippen molar-refractivity contribution in [3.05, 3.63) is 65.7 Å². The number of benzene rings is 2. The number of fused-ring (bicyclic) bond motifs is 1. The number of para-hydroxylation sites is 1. The summed E-state index contributed by atoms with van der Waals surface area (Å²) in [6.45, 7) is 8.09. The zero-order chi connectivity index (χ0) is 18.9. The molecule has 4 nitrogen and oxygen atoms in total. The van der Waals surface area contributed by atoms with Gasteiger partial charge in [-0.15, -0.1) is 0 Å². The van der Waals surface area contributed by atoms with Gasteiger partial charge >= 0.3 is 11.9 Å². The summed E-state index contributed by atoms with van der Waals surface area (Å²) in [5.41, 5.74) is 2.22. The minimum Gasteiger partial charge on any atom is -0.459 e. The maximum Gasteiger partial charge on any atom is 0.397 e. The van der Waals surface area contributed by atoms with Crippen molar-refractivity contribution in [1.82, 2.24) is 0 Å². The Bertz CT molecular complexity index is 828. The maximum absolute atomic E-state index is 12.9. The summed E-state index contributed by atoms with van der Waals surface area (Å²) in [6, 6.07) is 18.1. The monoisotopic (exact) mass is 351 g/mol. The molecular weight excluding hydrogens is 326 g/mol. The Labute approximate surface area is 154 Å². The number of carbonyl (C=O) groups is 2. The van der Waals surface area contributed by atoms with E-state index in [0.29, 0.717) is 6.42 Å². The van der Waals surface area contributed by atoms with Gasteiger partial charge < -0.3 is 4.74 Å². The van der Waals surface area contributed by atoms with E-state index in [4.69, 9.17) is 4.74 Å². The molecule has 4 heteroatoms. The highest BCUT2D eigenvalue weighted by Gasteiger charge is 2.49. The number of ether oxygens (including phenoxy) is 1. The molecule has 0 aromatic heterocycles. The summed E-state index contributed by atoms with van der Waals surface area (Å²) >= 11 is 0. The molecule has 3 rings (SSSR count). The van der Waals surface area contributed by atoms with Crippen LogP contribution in [0.25, 0.3) is 0 Å². The van der Waals surface area contributed by atoms with E-state index in [1.54, 1.807) is 11.8 Å². The Morgan fingerprint density at radius 2 is 1.62 bits per heavy atom. The van der Waals surface area contributed by atoms with Gasteiger partial charge in [-0.3, -0.25) is 9.69 Å². The van der Waals surface area contributed by atoms with Crippen LogP contribution in [0.4, 0.5) is 5.69 Å². The average molecular weight is 351 g/mol. The third kappa shape index (κ3) is 2.90. The molecule has 1 amide bonds. The molecular formula is C22H25NO3. The lowest BCUT2D eigenvalue weighted by Gasteiger charge is -2.51. The molecule has 0 saturated carbocycles. The van der Waals surface area contributed by atoms with Gasteiger partial charge in [0.15, 0.2) is 0 Å². The van der Waals surface area contributed by atoms with Crippen LogP contribution in [0.15, 0.2) is 54.6 Å². The highest BCUT2D eigenvalue weighted by molar-refractivity contribution is 6.38. The average Bonchev–Trinajstić information content (AvgIpc) is 2.62. The quantitative estimate of drug-likeness (QED) is 0.605. The second-order valence-corrected chi connectivity index (χ2v) is 7.57. The molecule has 0 unspecified atom stereocenters. The summed E-state index contributed by atoms with van der Waals surface area (Å²) in [6.07, 6.45) is 0.701. The Morgan fingerprint density at radius 3 is 2.27 bits per heavy atom. The van der Waals surface area contributed by atoms with Gasteiger partial charge in [-0.25, -0.2) is 4.79 Å². The van der Waals surface area contributed by atoms with Crippen LogP contribution in [-0.2, 0) is 19.7 Å². The molecule has 1 atom stereocenters. The van der Waals surface area contributed by atoms with E-state index in [0.717, 1.165) is 11.3 Å². The SMILES string of the molecule is CCOC(=O)C(=O)N1c2ccccc2[C@@](C)(c2ccccc2)CC1(C)C. The number of hydrogen-bond donors (Lipinski definition) is 0. The van der Waals surface area contributed by atoms with Gasteiger partial charge in [0.05, 0.1) is 6.61 Å². The fourth-order valence-corrected chi connectivity index (χ4v) is 4.23. The third-order valence-corrected chi connectivity index (χ3v) is 5.19. The number of carbonyl (C=O) groups excluding carboxylic acids is 2. The van der Waals surface area contributed by atoms with Gasteiger partial charge in [0.2, 0.25) is 0 Å². The molecule has 1 heterocycles. The van der Waals surface area contributed by atoms with Crippen molar-refractivity contribution in [3.8, 4) is 0 Å². The second kappa shape index (κ2) is 6.60. The number of esters is 1. The van der Waals surface area contributed by atoms with E-state index in [9.17, 15) is 9.59 Å². The van der Waals surface area contributed by atoms with Crippen molar-refractivity contribution in [2.75, 3.05) is 11.5 Å². The van der Waals surface area contributed by atoms with E-state index in [1.165, 1.54) is 5.56 Å². The second-order valence-electron chi connectivity index (χ2n) is 7.57. The first-order chi connectivity index (χ1) is 12.3. The lowest BCUT2D eigenvalue weighted by Crippen LogP contribution is -2.57. The van der Waals surface area contributed by atoms with Crippen molar-refractivity contribution in [3.63, 3.8) is 0 Å². The molecule has 0 aliphatic carbocycles. The maximum atomic E-state index is 12.9. The lowest BCUT2D eigenvalue weighted by molar-refractivity contribution is -0.153. The van der Waals surface area contributed by atoms with Crippen molar-refractivity contribution < 1.29 is 14.3 Å². The highest BCUT2D eigenvalue weighted by Crippen LogP contribution is 2.50. The lowest BCUT2D eigenvalue weighted by atomic mass is 9.65. The summed E-state index contributed by atoms with van der Waals surface area (Å²) < 4.78 is 4.97. The van der Waals surface area contributed by atoms with E-state index in [1.807, 2.05) is 56.3 Å². The first kappa shape index (κ1) is 18.2. The summed E-state index contributed by atoms with van der Waals surface area (Å²) in [7, 11) is 0. The van der Waals surface area contributed by atoms with Crippen LogP contribution in [0.3, 0.4) is 0 Å². The topological polar surface area (TPSA) is 46.6 Å². The molecule has 26 heavy (non-hydrogen) atoms. The van der Waals surface area contributed by atoms with E-state index in [2.05, 4.69) is 19.1 Å². The summed E-state index contributed by atoms with van der Waals surface area (Å²) in [4.78, 5) is 26.6. The number of nitrogens with zero attached hydrogens (tertiary/aromatic N) is 1. The Kier molecular flexibility index (Phi) is 4.61. The van der Waals surface area contributed by atoms with Crippen LogP contribution in [0.2, 0.25) is 0 Å². The molecule has 0 radical (unpaired) electrons. The molecule has 0 N–H and O–H groups in total. The van der Waals surface area contributed by atoms with Crippen LogP contribution in [0, 0.1) is 0 Å². The highest BCUT2D eigenvalue weighted by atomic mass is 16.5. The Hall–Kier alpha value is -2.62. The largest absolute Gasteiger partial charge is 0.459 e. The molecule has 136 valence electrons. The number of hydrogen-bond acceptors (Lipinski definition) is 3. The smallest absolute Gasteiger partial charge is 0.397 e. The van der Waals surface area contributed by atoms with Gasteiger partial charge in [-0.05, 0) is 44.4 Å². The van der Waals surface area contributed by atoms with Gasteiger partial charge in [0.1, 0.15) is 0 Å². The standard InChI is InChI=1S/C22H25NO3/c1-5-26-20(25)19(24)23-18-14-10-9-13-17(18)22(4,15-21(23,2)3)16-11-7-6-8-12-16/h6-14H,5,15H2,1-4H3/t22-/m1/s1. The van der Waals surface area contributed by atoms with Gasteiger partial charge in [-0.1, -0.05) is 55.5 Å². The first-order valence-electron chi connectivity index (χ1n) is 8.97.